The van der Waals surface area contributed by atoms with Crippen LogP contribution in [0.1, 0.15) is 42.9 Å². The second-order valence-corrected chi connectivity index (χ2v) is 7.38. The van der Waals surface area contributed by atoms with Crippen LogP contribution in [0, 0.1) is 5.82 Å². The van der Waals surface area contributed by atoms with Crippen molar-refractivity contribution in [1.82, 2.24) is 4.90 Å². The predicted octanol–water partition coefficient (Wildman–Crippen LogP) is 3.60. The number of fused-ring (bicyclic) bond motifs is 2. The fraction of sp³-hybridized carbons (Fsp3) is 0.600. The fourth-order valence-electron chi connectivity index (χ4n) is 4.78. The molecule has 2 atom stereocenters. The Balaban J connectivity index is 1.55. The standard InChI is InChI=1S/C20H26FNO2/c1-2-10-24-19-13-20(18-12-15(21)3-4-17(18)19)6-8-22(9-7-20)16-5-11-23-14-16/h2-4,12,16,19H,1,5-11,13-14H2. The monoisotopic (exact) mass is 331 g/mol. The minimum Gasteiger partial charge on any atom is -0.380 e. The van der Waals surface area contributed by atoms with Crippen molar-refractivity contribution in [2.24, 2.45) is 0 Å². The molecule has 2 heterocycles. The number of likely N-dealkylation sites (tertiary alicyclic amines) is 1. The number of benzene rings is 1. The van der Waals surface area contributed by atoms with Gasteiger partial charge in [0, 0.05) is 18.1 Å². The summed E-state index contributed by atoms with van der Waals surface area (Å²) in [6.07, 6.45) is 6.12. The third-order valence-corrected chi connectivity index (χ3v) is 6.10. The van der Waals surface area contributed by atoms with Crippen LogP contribution in [-0.4, -0.2) is 43.9 Å². The first kappa shape index (κ1) is 16.2. The van der Waals surface area contributed by atoms with Crippen LogP contribution in [0.3, 0.4) is 0 Å². The summed E-state index contributed by atoms with van der Waals surface area (Å²) in [5, 5.41) is 0. The maximum Gasteiger partial charge on any atom is 0.123 e. The third-order valence-electron chi connectivity index (χ3n) is 6.10. The smallest absolute Gasteiger partial charge is 0.123 e. The van der Waals surface area contributed by atoms with Crippen LogP contribution in [0.2, 0.25) is 0 Å². The van der Waals surface area contributed by atoms with E-state index < -0.39 is 0 Å². The zero-order valence-electron chi connectivity index (χ0n) is 14.2. The lowest BCUT2D eigenvalue weighted by Gasteiger charge is -2.42. The van der Waals surface area contributed by atoms with Gasteiger partial charge in [-0.1, -0.05) is 12.1 Å². The summed E-state index contributed by atoms with van der Waals surface area (Å²) < 4.78 is 25.5. The first-order valence-corrected chi connectivity index (χ1v) is 9.06. The van der Waals surface area contributed by atoms with Crippen molar-refractivity contribution < 1.29 is 13.9 Å². The zero-order chi connectivity index (χ0) is 16.6. The highest BCUT2D eigenvalue weighted by atomic mass is 19.1. The van der Waals surface area contributed by atoms with Gasteiger partial charge in [0.05, 0.1) is 19.3 Å². The summed E-state index contributed by atoms with van der Waals surface area (Å²) in [6, 6.07) is 5.81. The zero-order valence-corrected chi connectivity index (χ0v) is 14.2. The minimum absolute atomic E-state index is 0.0687. The van der Waals surface area contributed by atoms with Gasteiger partial charge in [-0.15, -0.1) is 6.58 Å². The molecule has 3 nitrogen and oxygen atoms in total. The molecule has 1 aliphatic carbocycles. The Hall–Kier alpha value is -1.23. The van der Waals surface area contributed by atoms with Gasteiger partial charge < -0.3 is 9.47 Å². The maximum atomic E-state index is 13.9. The van der Waals surface area contributed by atoms with Crippen LogP contribution in [0.15, 0.2) is 30.9 Å². The molecule has 1 aromatic rings. The minimum atomic E-state index is -0.135. The summed E-state index contributed by atoms with van der Waals surface area (Å²) in [5.41, 5.74) is 2.42. The highest BCUT2D eigenvalue weighted by molar-refractivity contribution is 5.42. The van der Waals surface area contributed by atoms with Crippen LogP contribution >= 0.6 is 0 Å². The number of ether oxygens (including phenoxy) is 2. The van der Waals surface area contributed by atoms with Gasteiger partial charge in [0.1, 0.15) is 5.82 Å². The predicted molar refractivity (Wildman–Crippen MR) is 91.6 cm³/mol. The molecule has 0 saturated carbocycles. The first-order chi connectivity index (χ1) is 11.7. The van der Waals surface area contributed by atoms with Crippen molar-refractivity contribution in [3.05, 3.63) is 47.8 Å². The molecule has 130 valence electrons. The van der Waals surface area contributed by atoms with Crippen molar-refractivity contribution in [3.63, 3.8) is 0 Å². The molecule has 2 fully saturated rings. The Morgan fingerprint density at radius 2 is 2.21 bits per heavy atom. The van der Waals surface area contributed by atoms with Crippen LogP contribution in [0.25, 0.3) is 0 Å². The molecule has 0 aromatic heterocycles. The molecule has 1 aromatic carbocycles. The quantitative estimate of drug-likeness (QED) is 0.787. The normalized spacial score (nSPS) is 29.0. The number of piperidine rings is 1. The van der Waals surface area contributed by atoms with Crippen molar-refractivity contribution in [3.8, 4) is 0 Å². The average Bonchev–Trinajstić information content (AvgIpc) is 3.22. The fourth-order valence-corrected chi connectivity index (χ4v) is 4.78. The highest BCUT2D eigenvalue weighted by Gasteiger charge is 2.46. The third kappa shape index (κ3) is 2.81. The van der Waals surface area contributed by atoms with E-state index in [2.05, 4.69) is 11.5 Å². The second kappa shape index (κ2) is 6.58. The summed E-state index contributed by atoms with van der Waals surface area (Å²) >= 11 is 0. The van der Waals surface area contributed by atoms with E-state index in [1.807, 2.05) is 6.07 Å². The van der Waals surface area contributed by atoms with Gasteiger partial charge in [-0.05, 0) is 62.0 Å². The summed E-state index contributed by atoms with van der Waals surface area (Å²) in [6.45, 7) is 8.18. The van der Waals surface area contributed by atoms with Crippen molar-refractivity contribution in [2.75, 3.05) is 32.9 Å². The van der Waals surface area contributed by atoms with Crippen LogP contribution < -0.4 is 0 Å². The molecule has 3 aliphatic rings. The van der Waals surface area contributed by atoms with Crippen LogP contribution in [0.4, 0.5) is 4.39 Å². The molecule has 2 aliphatic heterocycles. The van der Waals surface area contributed by atoms with Crippen molar-refractivity contribution >= 4 is 0 Å². The summed E-state index contributed by atoms with van der Waals surface area (Å²) in [5.74, 6) is -0.135. The summed E-state index contributed by atoms with van der Waals surface area (Å²) in [7, 11) is 0. The van der Waals surface area contributed by atoms with E-state index in [-0.39, 0.29) is 17.3 Å². The molecule has 0 bridgehead atoms. The van der Waals surface area contributed by atoms with E-state index in [0.29, 0.717) is 12.6 Å². The highest BCUT2D eigenvalue weighted by Crippen LogP contribution is 2.52. The Morgan fingerprint density at radius 1 is 1.38 bits per heavy atom. The Kier molecular flexibility index (Phi) is 4.46. The van der Waals surface area contributed by atoms with Gasteiger partial charge in [-0.3, -0.25) is 4.90 Å². The average molecular weight is 331 g/mol. The van der Waals surface area contributed by atoms with Gasteiger partial charge in [0.2, 0.25) is 0 Å². The molecule has 0 radical (unpaired) electrons. The van der Waals surface area contributed by atoms with Crippen LogP contribution in [-0.2, 0) is 14.9 Å². The van der Waals surface area contributed by atoms with Gasteiger partial charge in [-0.2, -0.15) is 0 Å². The molecule has 0 N–H and O–H groups in total. The van der Waals surface area contributed by atoms with E-state index in [4.69, 9.17) is 9.47 Å². The molecule has 1 spiro atoms. The van der Waals surface area contributed by atoms with Crippen molar-refractivity contribution in [1.29, 1.82) is 0 Å². The van der Waals surface area contributed by atoms with E-state index in [1.165, 1.54) is 11.1 Å². The lowest BCUT2D eigenvalue weighted by molar-refractivity contribution is 0.0419. The number of hydrogen-bond donors (Lipinski definition) is 0. The molecule has 4 heteroatoms. The van der Waals surface area contributed by atoms with E-state index in [0.717, 1.165) is 52.0 Å². The molecule has 2 unspecified atom stereocenters. The molecule has 0 amide bonds. The Morgan fingerprint density at radius 3 is 2.92 bits per heavy atom. The second-order valence-electron chi connectivity index (χ2n) is 7.38. The molecule has 24 heavy (non-hydrogen) atoms. The topological polar surface area (TPSA) is 21.7 Å². The maximum absolute atomic E-state index is 13.9. The molecular weight excluding hydrogens is 305 g/mol. The number of halogens is 1. The molecule has 2 saturated heterocycles. The van der Waals surface area contributed by atoms with E-state index in [9.17, 15) is 4.39 Å². The van der Waals surface area contributed by atoms with Gasteiger partial charge in [0.15, 0.2) is 0 Å². The Bertz CT molecular complexity index is 604. The lowest BCUT2D eigenvalue weighted by Crippen LogP contribution is -2.46. The largest absolute Gasteiger partial charge is 0.380 e. The number of hydrogen-bond acceptors (Lipinski definition) is 3. The van der Waals surface area contributed by atoms with E-state index in [1.54, 1.807) is 18.2 Å². The first-order valence-electron chi connectivity index (χ1n) is 9.06. The molecule has 4 rings (SSSR count). The summed E-state index contributed by atoms with van der Waals surface area (Å²) in [4.78, 5) is 2.56. The van der Waals surface area contributed by atoms with Crippen molar-refractivity contribution in [2.45, 2.75) is 43.2 Å². The Labute approximate surface area is 143 Å². The van der Waals surface area contributed by atoms with Gasteiger partial charge in [0.25, 0.3) is 0 Å². The number of nitrogens with zero attached hydrogens (tertiary/aromatic N) is 1. The molecular formula is C20H26FNO2. The lowest BCUT2D eigenvalue weighted by atomic mass is 9.73. The van der Waals surface area contributed by atoms with Gasteiger partial charge in [-0.25, -0.2) is 4.39 Å². The van der Waals surface area contributed by atoms with Crippen LogP contribution in [0.5, 0.6) is 0 Å². The van der Waals surface area contributed by atoms with E-state index >= 15 is 0 Å². The van der Waals surface area contributed by atoms with Gasteiger partial charge >= 0.3 is 0 Å². The number of rotatable bonds is 4. The SMILES string of the molecule is C=CCOC1CC2(CCN(C3CCOC3)CC2)c2cc(F)ccc21.